The molecule has 8 heteroatoms. The average molecular weight is 648 g/mol. The van der Waals surface area contributed by atoms with Crippen molar-refractivity contribution in [1.29, 1.82) is 0 Å². The van der Waals surface area contributed by atoms with E-state index in [4.69, 9.17) is 10.7 Å². The van der Waals surface area contributed by atoms with Crippen molar-refractivity contribution in [3.05, 3.63) is 61.3 Å². The van der Waals surface area contributed by atoms with Gasteiger partial charge in [-0.3, -0.25) is 9.78 Å². The summed E-state index contributed by atoms with van der Waals surface area (Å²) in [4.78, 5) is 33.2. The first-order valence-corrected chi connectivity index (χ1v) is 15.6. The van der Waals surface area contributed by atoms with Gasteiger partial charge in [-0.25, -0.2) is 4.79 Å². The van der Waals surface area contributed by atoms with Gasteiger partial charge < -0.3 is 15.5 Å². The van der Waals surface area contributed by atoms with Gasteiger partial charge in [0, 0.05) is 53.7 Å². The number of halogens is 2. The van der Waals surface area contributed by atoms with Gasteiger partial charge in [-0.1, -0.05) is 35.8 Å². The van der Waals surface area contributed by atoms with Crippen molar-refractivity contribution < 1.29 is 9.59 Å². The lowest BCUT2D eigenvalue weighted by atomic mass is 9.76. The van der Waals surface area contributed by atoms with E-state index in [-0.39, 0.29) is 17.9 Å². The molecule has 3 aliphatic rings. The molecule has 6 nitrogen and oxygen atoms in total. The third kappa shape index (κ3) is 6.44. The summed E-state index contributed by atoms with van der Waals surface area (Å²) < 4.78 is 2.21. The third-order valence-electron chi connectivity index (χ3n) is 8.35. The topological polar surface area (TPSA) is 79.5 Å². The van der Waals surface area contributed by atoms with Crippen LogP contribution in [-0.4, -0.2) is 52.9 Å². The van der Waals surface area contributed by atoms with Crippen molar-refractivity contribution in [2.75, 3.05) is 26.2 Å². The van der Waals surface area contributed by atoms with Crippen LogP contribution in [0.2, 0.25) is 0 Å². The fraction of sp³-hybridized carbons (Fsp3) is 0.567. The number of primary amides is 1. The molecule has 2 aromatic rings. The number of amides is 3. The number of hydrogen-bond acceptors (Lipinski definition) is 3. The van der Waals surface area contributed by atoms with E-state index < -0.39 is 0 Å². The van der Waals surface area contributed by atoms with Gasteiger partial charge >= 0.3 is 6.03 Å². The van der Waals surface area contributed by atoms with E-state index >= 15 is 0 Å². The van der Waals surface area contributed by atoms with E-state index in [9.17, 15) is 9.59 Å². The summed E-state index contributed by atoms with van der Waals surface area (Å²) in [6.07, 6.45) is 8.19. The number of piperidine rings is 2. The Bertz CT molecular complexity index is 1160. The summed E-state index contributed by atoms with van der Waals surface area (Å²) in [6.45, 7) is 9.07. The van der Waals surface area contributed by atoms with Crippen LogP contribution in [0.3, 0.4) is 0 Å². The van der Waals surface area contributed by atoms with E-state index in [1.807, 2.05) is 20.0 Å². The molecule has 2 aliphatic heterocycles. The molecule has 2 saturated heterocycles. The molecule has 2 fully saturated rings. The number of fused-ring (bicyclic) bond motifs is 2. The number of carbonyl (C=O) groups excluding carboxylic acids is 2. The summed E-state index contributed by atoms with van der Waals surface area (Å²) in [5.41, 5.74) is 12.0. The predicted octanol–water partition coefficient (Wildman–Crippen LogP) is 6.59. The van der Waals surface area contributed by atoms with Gasteiger partial charge in [0.1, 0.15) is 0 Å². The predicted molar refractivity (Wildman–Crippen MR) is 159 cm³/mol. The summed E-state index contributed by atoms with van der Waals surface area (Å²) in [5.74, 6) is 1.27. The first-order chi connectivity index (χ1) is 18.3. The van der Waals surface area contributed by atoms with E-state index in [0.717, 1.165) is 56.1 Å². The molecule has 3 amide bonds. The minimum absolute atomic E-state index is 0.232. The number of aryl methyl sites for hydroxylation is 3. The summed E-state index contributed by atoms with van der Waals surface area (Å²) in [7, 11) is 0. The van der Waals surface area contributed by atoms with Crippen LogP contribution in [0.5, 0.6) is 0 Å². The van der Waals surface area contributed by atoms with E-state index in [2.05, 4.69) is 61.9 Å². The molecule has 5 rings (SSSR count). The zero-order valence-electron chi connectivity index (χ0n) is 22.8. The van der Waals surface area contributed by atoms with Crippen molar-refractivity contribution in [2.45, 2.75) is 71.6 Å². The highest BCUT2D eigenvalue weighted by atomic mass is 79.9. The normalized spacial score (nSPS) is 20.1. The van der Waals surface area contributed by atoms with Crippen molar-refractivity contribution in [2.24, 2.45) is 17.6 Å². The summed E-state index contributed by atoms with van der Waals surface area (Å²) in [6, 6.07) is 6.46. The first-order valence-electron chi connectivity index (χ1n) is 14.1. The van der Waals surface area contributed by atoms with Crippen molar-refractivity contribution in [3.63, 3.8) is 0 Å². The first kappa shape index (κ1) is 29.1. The Kier molecular flexibility index (Phi) is 9.90. The maximum absolute atomic E-state index is 13.1. The number of likely N-dealkylation sites (tertiary alicyclic amines) is 2. The van der Waals surface area contributed by atoms with Crippen LogP contribution < -0.4 is 5.73 Å². The van der Waals surface area contributed by atoms with Crippen molar-refractivity contribution in [3.8, 4) is 0 Å². The molecule has 1 aliphatic carbocycles. The van der Waals surface area contributed by atoms with Crippen LogP contribution in [0.25, 0.3) is 0 Å². The van der Waals surface area contributed by atoms with E-state index in [1.165, 1.54) is 32.4 Å². The van der Waals surface area contributed by atoms with Crippen molar-refractivity contribution in [1.82, 2.24) is 14.8 Å². The Hall–Kier alpha value is -1.93. The molecule has 1 aromatic carbocycles. The molecule has 0 radical (unpaired) electrons. The second-order valence-corrected chi connectivity index (χ2v) is 12.5. The van der Waals surface area contributed by atoms with Crippen LogP contribution in [0, 0.1) is 18.8 Å². The highest BCUT2D eigenvalue weighted by molar-refractivity contribution is 9.10. The smallest absolute Gasteiger partial charge is 0.314 e. The van der Waals surface area contributed by atoms with Crippen LogP contribution in [0.15, 0.2) is 33.3 Å². The maximum Gasteiger partial charge on any atom is 0.314 e. The number of nitrogens with zero attached hydrogens (tertiary/aromatic N) is 3. The molecule has 38 heavy (non-hydrogen) atoms. The molecule has 3 heterocycles. The molecule has 1 atom stereocenters. The minimum Gasteiger partial charge on any atom is -0.351 e. The highest BCUT2D eigenvalue weighted by Gasteiger charge is 2.36. The van der Waals surface area contributed by atoms with Gasteiger partial charge in [0.15, 0.2) is 0 Å². The highest BCUT2D eigenvalue weighted by Crippen LogP contribution is 2.45. The van der Waals surface area contributed by atoms with Gasteiger partial charge in [0.2, 0.25) is 5.91 Å². The lowest BCUT2D eigenvalue weighted by molar-refractivity contribution is -0.134. The van der Waals surface area contributed by atoms with E-state index in [0.29, 0.717) is 31.3 Å². The molecule has 1 unspecified atom stereocenters. The molecule has 206 valence electrons. The standard InChI is InChI=1S/C28H34Br2N4O2.C2H6/c1-17-12-20-2-3-21-15-22(29)16-32-27(21)26(25(20)23(30)13-17)19-6-10-33(11-7-19)24(35)14-18-4-8-34(9-5-18)28(31)36;1-2/h12-13,15-16,18-19,26H,2-11,14H2,1H3,(H2,31,36);1-2H3. The largest absolute Gasteiger partial charge is 0.351 e. The van der Waals surface area contributed by atoms with E-state index in [1.54, 1.807) is 4.90 Å². The van der Waals surface area contributed by atoms with Gasteiger partial charge in [-0.2, -0.15) is 0 Å². The molecule has 0 spiro atoms. The Morgan fingerprint density at radius 3 is 2.24 bits per heavy atom. The maximum atomic E-state index is 13.1. The molecule has 1 aromatic heterocycles. The molecular formula is C30H40Br2N4O2. The van der Waals surface area contributed by atoms with Crippen LogP contribution in [0.1, 0.15) is 79.8 Å². The number of pyridine rings is 1. The SMILES string of the molecule is CC.Cc1cc(Br)c2c(c1)CCc1cc(Br)cnc1C2C1CCN(C(=O)CC2CCN(C(N)=O)CC2)CC1. The summed E-state index contributed by atoms with van der Waals surface area (Å²) in [5, 5.41) is 0. The summed E-state index contributed by atoms with van der Waals surface area (Å²) >= 11 is 7.54. The number of hydrogen-bond donors (Lipinski definition) is 1. The lowest BCUT2D eigenvalue weighted by Gasteiger charge is -2.38. The zero-order valence-corrected chi connectivity index (χ0v) is 26.0. The van der Waals surface area contributed by atoms with Gasteiger partial charge in [-0.15, -0.1) is 0 Å². The van der Waals surface area contributed by atoms with Gasteiger partial charge in [0.05, 0.1) is 5.69 Å². The van der Waals surface area contributed by atoms with Crippen LogP contribution in [-0.2, 0) is 17.6 Å². The molecule has 0 bridgehead atoms. The van der Waals surface area contributed by atoms with Crippen LogP contribution >= 0.6 is 31.9 Å². The second-order valence-electron chi connectivity index (χ2n) is 10.7. The quantitative estimate of drug-likeness (QED) is 0.408. The zero-order chi connectivity index (χ0) is 27.4. The molecular weight excluding hydrogens is 608 g/mol. The number of nitrogens with two attached hydrogens (primary N) is 1. The Morgan fingerprint density at radius 1 is 0.947 bits per heavy atom. The Morgan fingerprint density at radius 2 is 1.58 bits per heavy atom. The van der Waals surface area contributed by atoms with Gasteiger partial charge in [-0.05, 0) is 108 Å². The molecule has 0 saturated carbocycles. The number of urea groups is 1. The monoisotopic (exact) mass is 646 g/mol. The number of aromatic nitrogens is 1. The Labute approximate surface area is 244 Å². The number of rotatable bonds is 3. The lowest BCUT2D eigenvalue weighted by Crippen LogP contribution is -2.44. The van der Waals surface area contributed by atoms with Gasteiger partial charge in [0.25, 0.3) is 0 Å². The third-order valence-corrected chi connectivity index (χ3v) is 9.44. The van der Waals surface area contributed by atoms with Crippen molar-refractivity contribution >= 4 is 43.8 Å². The number of carbonyl (C=O) groups is 2. The fourth-order valence-electron chi connectivity index (χ4n) is 6.43. The Balaban J connectivity index is 0.00000164. The average Bonchev–Trinajstić information content (AvgIpc) is 3.07. The second kappa shape index (κ2) is 12.9. The van der Waals surface area contributed by atoms with Crippen LogP contribution in [0.4, 0.5) is 4.79 Å². The minimum atomic E-state index is -0.354. The fourth-order valence-corrected chi connectivity index (χ4v) is 7.67. The number of benzene rings is 1. The molecule has 2 N–H and O–H groups in total.